The highest BCUT2D eigenvalue weighted by Gasteiger charge is 2.61. The van der Waals surface area contributed by atoms with Gasteiger partial charge in [0, 0.05) is 23.8 Å². The second-order valence-corrected chi connectivity index (χ2v) is 12.4. The fourth-order valence-corrected chi connectivity index (χ4v) is 5.68. The minimum atomic E-state index is -2.84. The van der Waals surface area contributed by atoms with Gasteiger partial charge in [0.15, 0.2) is 12.3 Å². The summed E-state index contributed by atoms with van der Waals surface area (Å²) in [6, 6.07) is 25.9. The van der Waals surface area contributed by atoms with Gasteiger partial charge in [-0.25, -0.2) is 18.8 Å². The van der Waals surface area contributed by atoms with Crippen LogP contribution >= 0.6 is 0 Å². The molecule has 51 heavy (non-hydrogen) atoms. The molecule has 0 radical (unpaired) electrons. The number of halogens is 1. The van der Waals surface area contributed by atoms with Gasteiger partial charge in [-0.1, -0.05) is 66.4 Å². The smallest absolute Gasteiger partial charge is 0.351 e. The van der Waals surface area contributed by atoms with Crippen molar-refractivity contribution < 1.29 is 33.0 Å². The molecule has 0 bridgehead atoms. The van der Waals surface area contributed by atoms with Crippen molar-refractivity contribution in [3.63, 3.8) is 0 Å². The first-order valence-corrected chi connectivity index (χ1v) is 16.5. The number of aromatic nitrogens is 2. The van der Waals surface area contributed by atoms with Crippen LogP contribution in [0.1, 0.15) is 65.0 Å². The molecule has 1 N–H and O–H groups in total. The van der Waals surface area contributed by atoms with Crippen molar-refractivity contribution >= 4 is 23.7 Å². The number of ether oxygens (including phenoxy) is 3. The summed E-state index contributed by atoms with van der Waals surface area (Å²) in [5.41, 5.74) is -3.09. The Labute approximate surface area is 295 Å². The predicted molar refractivity (Wildman–Crippen MR) is 188 cm³/mol. The molecular weight excluding hydrogens is 655 g/mol. The van der Waals surface area contributed by atoms with E-state index in [-0.39, 0.29) is 35.6 Å². The van der Waals surface area contributed by atoms with Crippen molar-refractivity contribution in [2.75, 3.05) is 18.5 Å². The van der Waals surface area contributed by atoms with E-state index in [1.807, 2.05) is 32.6 Å². The lowest BCUT2D eigenvalue weighted by Crippen LogP contribution is -2.47. The Morgan fingerprint density at radius 2 is 1.43 bits per heavy atom. The Morgan fingerprint density at radius 3 is 1.98 bits per heavy atom. The minimum Gasteiger partial charge on any atom is -0.459 e. The van der Waals surface area contributed by atoms with Crippen LogP contribution in [0.2, 0.25) is 0 Å². The van der Waals surface area contributed by atoms with Gasteiger partial charge in [0.2, 0.25) is 0 Å². The van der Waals surface area contributed by atoms with E-state index in [1.165, 1.54) is 24.4 Å². The molecule has 1 aliphatic heterocycles. The molecule has 4 aromatic rings. The molecule has 1 saturated heterocycles. The first kappa shape index (κ1) is 36.6. The monoisotopic (exact) mass is 694 g/mol. The highest BCUT2D eigenvalue weighted by atomic mass is 19.1. The van der Waals surface area contributed by atoms with Crippen molar-refractivity contribution in [1.29, 1.82) is 0 Å². The van der Waals surface area contributed by atoms with Gasteiger partial charge in [0.1, 0.15) is 18.5 Å². The number of hydrogen-bond donors (Lipinski definition) is 1. The van der Waals surface area contributed by atoms with E-state index in [9.17, 15) is 19.2 Å². The SMILES string of the molecule is CC(C)N(CC#C[C@@]1(F)C(OC(=O)c2ccccc2)[C@@H](COC(=O)c2ccccc2)O[C@H]1n1ccc(NC(=O)c2ccccc2)nc1=O)C(C)C. The van der Waals surface area contributed by atoms with Crippen LogP contribution in [0.25, 0.3) is 0 Å². The molecule has 264 valence electrons. The Bertz CT molecular complexity index is 1940. The third-order valence-corrected chi connectivity index (χ3v) is 8.27. The molecule has 2 heterocycles. The maximum Gasteiger partial charge on any atom is 0.351 e. The summed E-state index contributed by atoms with van der Waals surface area (Å²) in [4.78, 5) is 58.5. The highest BCUT2D eigenvalue weighted by Crippen LogP contribution is 2.43. The Hall–Kier alpha value is -5.64. The molecule has 0 aliphatic carbocycles. The molecule has 12 heteroatoms. The number of hydrogen-bond acceptors (Lipinski definition) is 9. The standard InChI is InChI=1S/C39H39FN4O7/c1-26(2)43(27(3)4)23-14-22-39(40)33(51-36(47)30-19-12-7-13-20-30)31(25-49-35(46)29-17-10-6-11-18-29)50-37(39)44-24-21-32(42-38(44)48)41-34(45)28-15-8-5-9-16-28/h5-13,15-21,24,26-27,31,33,37H,23,25H2,1-4H3,(H,41,42,45,48)/t31-,33?,37-,39-/m1/s1. The number of alkyl halides is 1. The summed E-state index contributed by atoms with van der Waals surface area (Å²) in [6.45, 7) is 7.55. The summed E-state index contributed by atoms with van der Waals surface area (Å²) in [7, 11) is 0. The van der Waals surface area contributed by atoms with Crippen molar-refractivity contribution in [3.05, 3.63) is 130 Å². The molecule has 4 atom stereocenters. The number of carbonyl (C=O) groups excluding carboxylic acids is 3. The summed E-state index contributed by atoms with van der Waals surface area (Å²) in [6.07, 6.45) is -3.75. The van der Waals surface area contributed by atoms with E-state index in [0.717, 1.165) is 4.57 Å². The fourth-order valence-electron chi connectivity index (χ4n) is 5.68. The molecule has 1 aromatic heterocycles. The molecule has 5 rings (SSSR count). The van der Waals surface area contributed by atoms with Crippen LogP contribution < -0.4 is 11.0 Å². The van der Waals surface area contributed by atoms with Gasteiger partial charge < -0.3 is 19.5 Å². The van der Waals surface area contributed by atoms with E-state index < -0.39 is 54.2 Å². The van der Waals surface area contributed by atoms with Crippen LogP contribution in [-0.2, 0) is 14.2 Å². The molecule has 0 spiro atoms. The third kappa shape index (κ3) is 8.75. The van der Waals surface area contributed by atoms with Gasteiger partial charge in [0.25, 0.3) is 11.6 Å². The highest BCUT2D eigenvalue weighted by molar-refractivity contribution is 6.03. The zero-order chi connectivity index (χ0) is 36.5. The van der Waals surface area contributed by atoms with Crippen molar-refractivity contribution in [2.24, 2.45) is 0 Å². The quantitative estimate of drug-likeness (QED) is 0.164. The maximum absolute atomic E-state index is 17.9. The van der Waals surface area contributed by atoms with E-state index in [1.54, 1.807) is 78.9 Å². The lowest BCUT2D eigenvalue weighted by Gasteiger charge is -2.29. The third-order valence-electron chi connectivity index (χ3n) is 8.27. The Balaban J connectivity index is 1.53. The number of rotatable bonds is 11. The summed E-state index contributed by atoms with van der Waals surface area (Å²) in [5, 5.41) is 2.56. The molecule has 1 fully saturated rings. The summed E-state index contributed by atoms with van der Waals surface area (Å²) < 4.78 is 36.2. The van der Waals surface area contributed by atoms with E-state index >= 15 is 4.39 Å². The zero-order valence-corrected chi connectivity index (χ0v) is 28.7. The number of anilines is 1. The van der Waals surface area contributed by atoms with E-state index in [2.05, 4.69) is 22.1 Å². The molecule has 0 saturated carbocycles. The number of nitrogens with one attached hydrogen (secondary N) is 1. The van der Waals surface area contributed by atoms with Crippen molar-refractivity contribution in [2.45, 2.75) is 63.9 Å². The Kier molecular flexibility index (Phi) is 11.8. The topological polar surface area (TPSA) is 129 Å². The lowest BCUT2D eigenvalue weighted by atomic mass is 9.95. The number of benzene rings is 3. The molecule has 3 aromatic carbocycles. The number of nitrogens with zero attached hydrogens (tertiary/aromatic N) is 3. The van der Waals surface area contributed by atoms with Gasteiger partial charge in [-0.15, -0.1) is 0 Å². The van der Waals surface area contributed by atoms with E-state index in [4.69, 9.17) is 14.2 Å². The van der Waals surface area contributed by atoms with Crippen molar-refractivity contribution in [3.8, 4) is 11.8 Å². The molecular formula is C39H39FN4O7. The lowest BCUT2D eigenvalue weighted by molar-refractivity contribution is -0.0611. The second-order valence-electron chi connectivity index (χ2n) is 12.4. The molecule has 1 amide bonds. The average molecular weight is 695 g/mol. The number of amides is 1. The molecule has 1 aliphatic rings. The van der Waals surface area contributed by atoms with Crippen LogP contribution in [0.5, 0.6) is 0 Å². The van der Waals surface area contributed by atoms with Gasteiger partial charge in [-0.3, -0.25) is 14.3 Å². The van der Waals surface area contributed by atoms with Crippen LogP contribution in [-0.4, -0.2) is 75.4 Å². The van der Waals surface area contributed by atoms with Gasteiger partial charge in [-0.2, -0.15) is 4.98 Å². The first-order chi connectivity index (χ1) is 24.5. The van der Waals surface area contributed by atoms with Crippen LogP contribution in [0.15, 0.2) is 108 Å². The average Bonchev–Trinajstić information content (AvgIpc) is 3.39. The number of esters is 2. The zero-order valence-electron chi connectivity index (χ0n) is 28.7. The minimum absolute atomic E-state index is 0.0767. The predicted octanol–water partition coefficient (Wildman–Crippen LogP) is 5.31. The molecule has 11 nitrogen and oxygen atoms in total. The van der Waals surface area contributed by atoms with Crippen molar-refractivity contribution in [1.82, 2.24) is 14.5 Å². The van der Waals surface area contributed by atoms with Gasteiger partial charge in [-0.05, 0) is 70.2 Å². The molecule has 1 unspecified atom stereocenters. The summed E-state index contributed by atoms with van der Waals surface area (Å²) >= 11 is 0. The first-order valence-electron chi connectivity index (χ1n) is 16.5. The van der Waals surface area contributed by atoms with Crippen LogP contribution in [0.4, 0.5) is 10.2 Å². The van der Waals surface area contributed by atoms with E-state index in [0.29, 0.717) is 5.56 Å². The van der Waals surface area contributed by atoms with Gasteiger partial charge >= 0.3 is 17.6 Å². The van der Waals surface area contributed by atoms with Crippen LogP contribution in [0, 0.1) is 11.8 Å². The fraction of sp³-hybridized carbons (Fsp3) is 0.308. The Morgan fingerprint density at radius 1 is 0.882 bits per heavy atom. The summed E-state index contributed by atoms with van der Waals surface area (Å²) in [5.74, 6) is 3.36. The van der Waals surface area contributed by atoms with Crippen LogP contribution in [0.3, 0.4) is 0 Å². The largest absolute Gasteiger partial charge is 0.459 e. The van der Waals surface area contributed by atoms with Gasteiger partial charge in [0.05, 0.1) is 17.7 Å². The number of carbonyl (C=O) groups is 3. The second kappa shape index (κ2) is 16.4. The maximum atomic E-state index is 17.9. The normalized spacial score (nSPS) is 19.7.